The molecule has 2 N–H and O–H groups in total. The van der Waals surface area contributed by atoms with E-state index in [9.17, 15) is 9.90 Å². The lowest BCUT2D eigenvalue weighted by molar-refractivity contribution is 0.0698. The Balaban J connectivity index is 1.84. The van der Waals surface area contributed by atoms with E-state index in [1.54, 1.807) is 12.1 Å². The highest BCUT2D eigenvalue weighted by atomic mass is 35.5. The van der Waals surface area contributed by atoms with Crippen LogP contribution < -0.4 is 5.32 Å². The molecular formula is C21H17ClN2O2. The Morgan fingerprint density at radius 2 is 1.81 bits per heavy atom. The molecule has 0 aliphatic rings. The van der Waals surface area contributed by atoms with Crippen LogP contribution in [0.5, 0.6) is 0 Å². The summed E-state index contributed by atoms with van der Waals surface area (Å²) in [6.07, 6.45) is 0. The molecule has 0 amide bonds. The van der Waals surface area contributed by atoms with E-state index < -0.39 is 5.97 Å². The monoisotopic (exact) mass is 364 g/mol. The van der Waals surface area contributed by atoms with Crippen LogP contribution in [0.4, 0.5) is 11.4 Å². The van der Waals surface area contributed by atoms with Crippen LogP contribution in [0.3, 0.4) is 0 Å². The van der Waals surface area contributed by atoms with Gasteiger partial charge in [0.25, 0.3) is 0 Å². The van der Waals surface area contributed by atoms with Crippen molar-refractivity contribution in [1.29, 1.82) is 0 Å². The third kappa shape index (κ3) is 2.68. The summed E-state index contributed by atoms with van der Waals surface area (Å²) in [5.41, 5.74) is 3.85. The number of halogens is 1. The van der Waals surface area contributed by atoms with Gasteiger partial charge in [0.15, 0.2) is 0 Å². The number of nitrogens with zero attached hydrogens (tertiary/aromatic N) is 1. The first-order chi connectivity index (χ1) is 12.6. The third-order valence-electron chi connectivity index (χ3n) is 4.58. The molecule has 1 heterocycles. The van der Waals surface area contributed by atoms with Gasteiger partial charge < -0.3 is 15.0 Å². The van der Waals surface area contributed by atoms with E-state index in [1.807, 2.05) is 18.2 Å². The van der Waals surface area contributed by atoms with Crippen LogP contribution in [-0.4, -0.2) is 15.6 Å². The van der Waals surface area contributed by atoms with Crippen molar-refractivity contribution in [3.63, 3.8) is 0 Å². The highest BCUT2D eigenvalue weighted by molar-refractivity contribution is 6.31. The standard InChI is InChI=1S/C21H17ClN2O2/c1-2-24-19-6-4-3-5-15(19)16-12-14(8-10-20(16)24)23-18-9-7-13(22)11-17(18)21(25)26/h3-12,23H,2H2,1H3,(H,25,26). The van der Waals surface area contributed by atoms with Crippen molar-refractivity contribution in [3.05, 3.63) is 71.2 Å². The fourth-order valence-electron chi connectivity index (χ4n) is 3.43. The minimum absolute atomic E-state index is 0.147. The fraction of sp³-hybridized carbons (Fsp3) is 0.0952. The first-order valence-corrected chi connectivity index (χ1v) is 8.77. The van der Waals surface area contributed by atoms with Gasteiger partial charge in [0.05, 0.1) is 11.3 Å². The third-order valence-corrected chi connectivity index (χ3v) is 4.81. The van der Waals surface area contributed by atoms with Gasteiger partial charge in [0.2, 0.25) is 0 Å². The first-order valence-electron chi connectivity index (χ1n) is 8.39. The normalized spacial score (nSPS) is 11.2. The molecule has 4 nitrogen and oxygen atoms in total. The average Bonchev–Trinajstić information content (AvgIpc) is 2.96. The number of carboxylic acid groups (broad SMARTS) is 1. The van der Waals surface area contributed by atoms with E-state index in [0.717, 1.165) is 23.1 Å². The van der Waals surface area contributed by atoms with Gasteiger partial charge in [-0.15, -0.1) is 0 Å². The maximum absolute atomic E-state index is 11.5. The quantitative estimate of drug-likeness (QED) is 0.473. The summed E-state index contributed by atoms with van der Waals surface area (Å²) in [5.74, 6) is -1.02. The molecule has 0 fully saturated rings. The minimum Gasteiger partial charge on any atom is -0.478 e. The summed E-state index contributed by atoms with van der Waals surface area (Å²) in [5, 5.41) is 15.3. The molecule has 130 valence electrons. The molecule has 0 saturated carbocycles. The van der Waals surface area contributed by atoms with Crippen LogP contribution in [0.25, 0.3) is 21.8 Å². The minimum atomic E-state index is -1.02. The Labute approximate surface area is 155 Å². The van der Waals surface area contributed by atoms with Crippen molar-refractivity contribution >= 4 is 50.8 Å². The lowest BCUT2D eigenvalue weighted by Gasteiger charge is -2.11. The molecular weight excluding hydrogens is 348 g/mol. The zero-order valence-electron chi connectivity index (χ0n) is 14.2. The van der Waals surface area contributed by atoms with Gasteiger partial charge in [-0.3, -0.25) is 0 Å². The summed E-state index contributed by atoms with van der Waals surface area (Å²) in [6.45, 7) is 3.02. The Hall–Kier alpha value is -2.98. The predicted octanol–water partition coefficient (Wildman–Crippen LogP) is 5.91. The summed E-state index contributed by atoms with van der Waals surface area (Å²) in [7, 11) is 0. The van der Waals surface area contributed by atoms with Crippen molar-refractivity contribution < 1.29 is 9.90 Å². The van der Waals surface area contributed by atoms with Gasteiger partial charge in [-0.2, -0.15) is 0 Å². The van der Waals surface area contributed by atoms with Gasteiger partial charge in [-0.25, -0.2) is 4.79 Å². The van der Waals surface area contributed by atoms with E-state index in [2.05, 4.69) is 41.1 Å². The number of aryl methyl sites for hydroxylation is 1. The number of anilines is 2. The lowest BCUT2D eigenvalue weighted by atomic mass is 10.1. The molecule has 26 heavy (non-hydrogen) atoms. The van der Waals surface area contributed by atoms with Crippen molar-refractivity contribution in [2.45, 2.75) is 13.5 Å². The number of aromatic carboxylic acids is 1. The van der Waals surface area contributed by atoms with Crippen molar-refractivity contribution in [1.82, 2.24) is 4.57 Å². The molecule has 0 spiro atoms. The average molecular weight is 365 g/mol. The molecule has 5 heteroatoms. The number of para-hydroxylation sites is 1. The Bertz CT molecular complexity index is 1150. The molecule has 0 radical (unpaired) electrons. The zero-order chi connectivity index (χ0) is 18.3. The second-order valence-corrected chi connectivity index (χ2v) is 6.55. The molecule has 0 unspecified atom stereocenters. The Morgan fingerprint density at radius 1 is 1.04 bits per heavy atom. The van der Waals surface area contributed by atoms with E-state index in [4.69, 9.17) is 11.6 Å². The molecule has 0 atom stereocenters. The summed E-state index contributed by atoms with van der Waals surface area (Å²) in [6, 6.07) is 19.2. The largest absolute Gasteiger partial charge is 0.478 e. The number of carboxylic acids is 1. The van der Waals surface area contributed by atoms with Crippen LogP contribution in [-0.2, 0) is 6.54 Å². The topological polar surface area (TPSA) is 54.3 Å². The summed E-state index contributed by atoms with van der Waals surface area (Å²) < 4.78 is 2.28. The lowest BCUT2D eigenvalue weighted by Crippen LogP contribution is -2.02. The number of hydrogen-bond donors (Lipinski definition) is 2. The number of benzene rings is 3. The second kappa shape index (κ2) is 6.39. The maximum Gasteiger partial charge on any atom is 0.337 e. The van der Waals surface area contributed by atoms with Crippen LogP contribution in [0.15, 0.2) is 60.7 Å². The molecule has 0 saturated heterocycles. The highest BCUT2D eigenvalue weighted by Crippen LogP contribution is 2.32. The number of carbonyl (C=O) groups is 1. The molecule has 4 aromatic rings. The van der Waals surface area contributed by atoms with Gasteiger partial charge >= 0.3 is 5.97 Å². The maximum atomic E-state index is 11.5. The van der Waals surface area contributed by atoms with Gasteiger partial charge in [-0.05, 0) is 49.4 Å². The summed E-state index contributed by atoms with van der Waals surface area (Å²) in [4.78, 5) is 11.5. The smallest absolute Gasteiger partial charge is 0.337 e. The van der Waals surface area contributed by atoms with Crippen LogP contribution in [0, 0.1) is 0 Å². The van der Waals surface area contributed by atoms with E-state index >= 15 is 0 Å². The number of fused-ring (bicyclic) bond motifs is 3. The fourth-order valence-corrected chi connectivity index (χ4v) is 3.60. The zero-order valence-corrected chi connectivity index (χ0v) is 14.9. The van der Waals surface area contributed by atoms with Crippen LogP contribution in [0.1, 0.15) is 17.3 Å². The van der Waals surface area contributed by atoms with Crippen molar-refractivity contribution in [3.8, 4) is 0 Å². The number of nitrogens with one attached hydrogen (secondary N) is 1. The number of rotatable bonds is 4. The molecule has 0 aliphatic heterocycles. The molecule has 4 rings (SSSR count). The number of aromatic nitrogens is 1. The number of hydrogen-bond acceptors (Lipinski definition) is 2. The van der Waals surface area contributed by atoms with Gasteiger partial charge in [0, 0.05) is 39.1 Å². The van der Waals surface area contributed by atoms with Crippen LogP contribution in [0.2, 0.25) is 5.02 Å². The van der Waals surface area contributed by atoms with E-state index in [-0.39, 0.29) is 5.56 Å². The Morgan fingerprint density at radius 3 is 2.58 bits per heavy atom. The Kier molecular flexibility index (Phi) is 4.05. The summed E-state index contributed by atoms with van der Waals surface area (Å²) >= 11 is 5.93. The molecule has 0 aliphatic carbocycles. The second-order valence-electron chi connectivity index (χ2n) is 6.11. The predicted molar refractivity (Wildman–Crippen MR) is 107 cm³/mol. The van der Waals surface area contributed by atoms with Crippen LogP contribution >= 0.6 is 11.6 Å². The SMILES string of the molecule is CCn1c2ccccc2c2cc(Nc3ccc(Cl)cc3C(=O)O)ccc21. The molecule has 1 aromatic heterocycles. The van der Waals surface area contributed by atoms with Gasteiger partial charge in [-0.1, -0.05) is 29.8 Å². The van der Waals surface area contributed by atoms with E-state index in [0.29, 0.717) is 10.7 Å². The molecule has 0 bridgehead atoms. The van der Waals surface area contributed by atoms with Gasteiger partial charge in [0.1, 0.15) is 0 Å². The van der Waals surface area contributed by atoms with Crippen molar-refractivity contribution in [2.75, 3.05) is 5.32 Å². The highest BCUT2D eigenvalue weighted by Gasteiger charge is 2.13. The van der Waals surface area contributed by atoms with E-state index in [1.165, 1.54) is 17.0 Å². The molecule has 3 aromatic carbocycles. The first kappa shape index (κ1) is 16.5. The van der Waals surface area contributed by atoms with Crippen molar-refractivity contribution in [2.24, 2.45) is 0 Å².